The van der Waals surface area contributed by atoms with Gasteiger partial charge in [-0.3, -0.25) is 4.79 Å². The number of hydrogen-bond donors (Lipinski definition) is 1. The topological polar surface area (TPSA) is 46.5 Å². The first-order chi connectivity index (χ1) is 9.97. The molecular weight excluding hydrogens is 363 g/mol. The van der Waals surface area contributed by atoms with Crippen molar-refractivity contribution in [3.8, 4) is 5.75 Å². The smallest absolute Gasteiger partial charge is 0.307 e. The average molecular weight is 374 g/mol. The molecule has 0 aliphatic rings. The highest BCUT2D eigenvalue weighted by Crippen LogP contribution is 2.31. The zero-order valence-corrected chi connectivity index (χ0v) is 13.1. The van der Waals surface area contributed by atoms with Crippen LogP contribution in [0.5, 0.6) is 5.75 Å². The predicted molar refractivity (Wildman–Crippen MR) is 81.2 cm³/mol. The zero-order valence-electron chi connectivity index (χ0n) is 10.8. The van der Waals surface area contributed by atoms with Crippen molar-refractivity contribution in [2.24, 2.45) is 0 Å². The van der Waals surface area contributed by atoms with Gasteiger partial charge in [-0.2, -0.15) is 0 Å². The van der Waals surface area contributed by atoms with Gasteiger partial charge in [0.1, 0.15) is 18.2 Å². The summed E-state index contributed by atoms with van der Waals surface area (Å²) in [5.74, 6) is -1.18. The van der Waals surface area contributed by atoms with Crippen LogP contribution < -0.4 is 4.74 Å². The van der Waals surface area contributed by atoms with Crippen LogP contribution in [0.25, 0.3) is 0 Å². The van der Waals surface area contributed by atoms with Crippen LogP contribution in [-0.4, -0.2) is 11.1 Å². The summed E-state index contributed by atoms with van der Waals surface area (Å²) < 4.78 is 19.5. The van der Waals surface area contributed by atoms with Gasteiger partial charge in [0.25, 0.3) is 0 Å². The molecule has 2 rings (SSSR count). The lowest BCUT2D eigenvalue weighted by molar-refractivity contribution is -0.136. The van der Waals surface area contributed by atoms with Crippen LogP contribution in [0.1, 0.15) is 11.1 Å². The molecule has 0 spiro atoms. The highest BCUT2D eigenvalue weighted by atomic mass is 79.9. The molecular formula is C15H11BrClFO3. The Labute approximate surface area is 134 Å². The predicted octanol–water partition coefficient (Wildman–Crippen LogP) is 4.45. The van der Waals surface area contributed by atoms with Crippen LogP contribution in [0, 0.1) is 5.82 Å². The van der Waals surface area contributed by atoms with Crippen molar-refractivity contribution in [2.45, 2.75) is 13.0 Å². The van der Waals surface area contributed by atoms with E-state index in [9.17, 15) is 9.18 Å². The van der Waals surface area contributed by atoms with E-state index in [0.29, 0.717) is 15.8 Å². The van der Waals surface area contributed by atoms with Crippen molar-refractivity contribution in [1.29, 1.82) is 0 Å². The van der Waals surface area contributed by atoms with E-state index < -0.39 is 11.8 Å². The summed E-state index contributed by atoms with van der Waals surface area (Å²) in [5.41, 5.74) is 1.40. The summed E-state index contributed by atoms with van der Waals surface area (Å²) in [6, 6.07) is 9.66. The van der Waals surface area contributed by atoms with Crippen molar-refractivity contribution in [3.05, 3.63) is 62.8 Å². The summed E-state index contributed by atoms with van der Waals surface area (Å²) in [4.78, 5) is 10.8. The Morgan fingerprint density at radius 2 is 1.95 bits per heavy atom. The molecule has 110 valence electrons. The minimum Gasteiger partial charge on any atom is -0.488 e. The highest BCUT2D eigenvalue weighted by Gasteiger charge is 2.10. The lowest BCUT2D eigenvalue weighted by Crippen LogP contribution is -2.06. The standard InChI is InChI=1S/C15H11BrClFO3/c16-11-6-12(17)13(18)7-14(11)21-8-10-4-2-1-3-9(10)5-15(19)20/h1-4,6-7H,5,8H2,(H,19,20). The number of ether oxygens (including phenoxy) is 1. The summed E-state index contributed by atoms with van der Waals surface area (Å²) >= 11 is 8.90. The van der Waals surface area contributed by atoms with Gasteiger partial charge in [0.15, 0.2) is 0 Å². The van der Waals surface area contributed by atoms with E-state index in [1.54, 1.807) is 24.3 Å². The second-order valence-corrected chi connectivity index (χ2v) is 5.59. The minimum atomic E-state index is -0.916. The van der Waals surface area contributed by atoms with E-state index in [-0.39, 0.29) is 18.1 Å². The first-order valence-corrected chi connectivity index (χ1v) is 7.20. The van der Waals surface area contributed by atoms with Crippen LogP contribution in [0.3, 0.4) is 0 Å². The van der Waals surface area contributed by atoms with Crippen molar-refractivity contribution < 1.29 is 19.0 Å². The van der Waals surface area contributed by atoms with Crippen LogP contribution >= 0.6 is 27.5 Å². The van der Waals surface area contributed by atoms with Crippen LogP contribution in [0.4, 0.5) is 4.39 Å². The van der Waals surface area contributed by atoms with E-state index in [4.69, 9.17) is 21.4 Å². The maximum absolute atomic E-state index is 13.4. The maximum Gasteiger partial charge on any atom is 0.307 e. The molecule has 2 aromatic carbocycles. The molecule has 21 heavy (non-hydrogen) atoms. The Bertz CT molecular complexity index is 676. The molecule has 0 heterocycles. The quantitative estimate of drug-likeness (QED) is 0.788. The van der Waals surface area contributed by atoms with Gasteiger partial charge in [-0.1, -0.05) is 35.9 Å². The molecule has 0 saturated carbocycles. The van der Waals surface area contributed by atoms with Crippen LogP contribution in [0.15, 0.2) is 40.9 Å². The van der Waals surface area contributed by atoms with Crippen molar-refractivity contribution >= 4 is 33.5 Å². The fourth-order valence-electron chi connectivity index (χ4n) is 1.80. The van der Waals surface area contributed by atoms with Crippen LogP contribution in [0.2, 0.25) is 5.02 Å². The van der Waals surface area contributed by atoms with Gasteiger partial charge in [0, 0.05) is 6.07 Å². The number of halogens is 3. The molecule has 3 nitrogen and oxygen atoms in total. The number of hydrogen-bond acceptors (Lipinski definition) is 2. The third-order valence-corrected chi connectivity index (χ3v) is 3.73. The Hall–Kier alpha value is -1.59. The van der Waals surface area contributed by atoms with Crippen molar-refractivity contribution in [3.63, 3.8) is 0 Å². The van der Waals surface area contributed by atoms with E-state index >= 15 is 0 Å². The van der Waals surface area contributed by atoms with Crippen molar-refractivity contribution in [2.75, 3.05) is 0 Å². The molecule has 1 N–H and O–H groups in total. The van der Waals surface area contributed by atoms with E-state index in [1.165, 1.54) is 12.1 Å². The zero-order chi connectivity index (χ0) is 15.4. The molecule has 0 amide bonds. The summed E-state index contributed by atoms with van der Waals surface area (Å²) in [6.07, 6.45) is -0.0876. The van der Waals surface area contributed by atoms with Gasteiger partial charge >= 0.3 is 5.97 Å². The number of rotatable bonds is 5. The maximum atomic E-state index is 13.4. The van der Waals surface area contributed by atoms with Gasteiger partial charge in [-0.05, 0) is 33.1 Å². The first-order valence-electron chi connectivity index (χ1n) is 6.03. The molecule has 0 unspecified atom stereocenters. The van der Waals surface area contributed by atoms with E-state index in [2.05, 4.69) is 15.9 Å². The molecule has 0 saturated heterocycles. The largest absolute Gasteiger partial charge is 0.488 e. The molecule has 0 aromatic heterocycles. The number of benzene rings is 2. The molecule has 6 heteroatoms. The first kappa shape index (κ1) is 15.8. The number of carboxylic acids is 1. The Morgan fingerprint density at radius 3 is 2.62 bits per heavy atom. The second kappa shape index (κ2) is 6.91. The van der Waals surface area contributed by atoms with Crippen molar-refractivity contribution in [1.82, 2.24) is 0 Å². The van der Waals surface area contributed by atoms with E-state index in [0.717, 1.165) is 5.56 Å². The summed E-state index contributed by atoms with van der Waals surface area (Å²) in [6.45, 7) is 0.142. The van der Waals surface area contributed by atoms with Gasteiger partial charge in [-0.15, -0.1) is 0 Å². The normalized spacial score (nSPS) is 10.4. The molecule has 0 aliphatic heterocycles. The number of carbonyl (C=O) groups is 1. The lowest BCUT2D eigenvalue weighted by Gasteiger charge is -2.11. The molecule has 0 fully saturated rings. The third-order valence-electron chi connectivity index (χ3n) is 2.82. The van der Waals surface area contributed by atoms with Gasteiger partial charge in [0.05, 0.1) is 15.9 Å². The number of aliphatic carboxylic acids is 1. The minimum absolute atomic E-state index is 0.000465. The molecule has 2 aromatic rings. The highest BCUT2D eigenvalue weighted by molar-refractivity contribution is 9.10. The Balaban J connectivity index is 2.17. The SMILES string of the molecule is O=C(O)Cc1ccccc1COc1cc(F)c(Cl)cc1Br. The average Bonchev–Trinajstić information content (AvgIpc) is 2.42. The van der Waals surface area contributed by atoms with Crippen LogP contribution in [-0.2, 0) is 17.8 Å². The lowest BCUT2D eigenvalue weighted by atomic mass is 10.1. The monoisotopic (exact) mass is 372 g/mol. The van der Waals surface area contributed by atoms with Gasteiger partial charge in [0.2, 0.25) is 0 Å². The Kier molecular flexibility index (Phi) is 5.20. The van der Waals surface area contributed by atoms with Gasteiger partial charge in [-0.25, -0.2) is 4.39 Å². The van der Waals surface area contributed by atoms with Gasteiger partial charge < -0.3 is 9.84 Å². The van der Waals surface area contributed by atoms with E-state index in [1.807, 2.05) is 0 Å². The summed E-state index contributed by atoms with van der Waals surface area (Å²) in [7, 11) is 0. The second-order valence-electron chi connectivity index (χ2n) is 4.32. The molecule has 0 bridgehead atoms. The fraction of sp³-hybridized carbons (Fsp3) is 0.133. The Morgan fingerprint density at radius 1 is 1.29 bits per heavy atom. The third kappa shape index (κ3) is 4.19. The molecule has 0 radical (unpaired) electrons. The number of carboxylic acid groups (broad SMARTS) is 1. The molecule has 0 atom stereocenters. The fourth-order valence-corrected chi connectivity index (χ4v) is 2.56. The summed E-state index contributed by atoms with van der Waals surface area (Å²) in [5, 5.41) is 8.88. The molecule has 0 aliphatic carbocycles.